The van der Waals surface area contributed by atoms with Gasteiger partial charge in [0, 0.05) is 6.21 Å². The molecule has 0 N–H and O–H groups in total. The standard InChI is InChI=1S/C13H16N2.C10H12/c1-3-5-6-12-7-9-13(10-8-12)11-15-14-4-2;1-2-3-7-10-8-5-4-6-9-10/h3-4,7-11H,1,5-6H2,2H3;2,4-6,8-9H,1,3,7H2/b14-4+,15-11+;. The number of aryl methyl sites for hydroxylation is 2. The molecule has 0 aliphatic rings. The second-order valence-corrected chi connectivity index (χ2v) is 5.50. The molecule has 2 rings (SSSR count). The van der Waals surface area contributed by atoms with Crippen molar-refractivity contribution < 1.29 is 0 Å². The zero-order chi connectivity index (χ0) is 18.2. The fraction of sp³-hybridized carbons (Fsp3) is 0.217. The van der Waals surface area contributed by atoms with Gasteiger partial charge in [0.15, 0.2) is 0 Å². The van der Waals surface area contributed by atoms with Gasteiger partial charge < -0.3 is 0 Å². The van der Waals surface area contributed by atoms with Crippen molar-refractivity contribution >= 4 is 12.4 Å². The Morgan fingerprint density at radius 1 is 0.760 bits per heavy atom. The van der Waals surface area contributed by atoms with E-state index >= 15 is 0 Å². The third-order valence-electron chi connectivity index (χ3n) is 3.49. The van der Waals surface area contributed by atoms with Gasteiger partial charge in [-0.3, -0.25) is 0 Å². The second kappa shape index (κ2) is 13.7. The van der Waals surface area contributed by atoms with E-state index in [0.29, 0.717) is 0 Å². The van der Waals surface area contributed by atoms with Gasteiger partial charge in [0.1, 0.15) is 0 Å². The average Bonchev–Trinajstić information content (AvgIpc) is 2.67. The van der Waals surface area contributed by atoms with Crippen molar-refractivity contribution in [2.75, 3.05) is 0 Å². The molecular formula is C23H28N2. The van der Waals surface area contributed by atoms with Crippen LogP contribution in [0.2, 0.25) is 0 Å². The van der Waals surface area contributed by atoms with E-state index in [-0.39, 0.29) is 0 Å². The molecule has 0 aromatic heterocycles. The quantitative estimate of drug-likeness (QED) is 0.320. The predicted molar refractivity (Wildman–Crippen MR) is 112 cm³/mol. The van der Waals surface area contributed by atoms with E-state index in [1.54, 1.807) is 12.4 Å². The van der Waals surface area contributed by atoms with Crippen molar-refractivity contribution in [2.24, 2.45) is 10.2 Å². The summed E-state index contributed by atoms with van der Waals surface area (Å²) in [7, 11) is 0. The van der Waals surface area contributed by atoms with E-state index in [4.69, 9.17) is 0 Å². The van der Waals surface area contributed by atoms with Crippen LogP contribution < -0.4 is 0 Å². The fourth-order valence-corrected chi connectivity index (χ4v) is 2.12. The molecule has 2 heteroatoms. The first-order valence-electron chi connectivity index (χ1n) is 8.65. The predicted octanol–water partition coefficient (Wildman–Crippen LogP) is 6.04. The van der Waals surface area contributed by atoms with Crippen LogP contribution in [-0.4, -0.2) is 12.4 Å². The summed E-state index contributed by atoms with van der Waals surface area (Å²) in [6.07, 6.45) is 11.6. The molecule has 0 radical (unpaired) electrons. The molecule has 0 atom stereocenters. The summed E-state index contributed by atoms with van der Waals surface area (Å²) in [5, 5.41) is 7.65. The van der Waals surface area contributed by atoms with Crippen LogP contribution in [0.15, 0.2) is 90.1 Å². The Balaban J connectivity index is 0.000000271. The number of rotatable bonds is 8. The molecule has 2 aromatic carbocycles. The number of allylic oxidation sites excluding steroid dienone is 2. The van der Waals surface area contributed by atoms with E-state index < -0.39 is 0 Å². The Morgan fingerprint density at radius 3 is 1.84 bits per heavy atom. The summed E-state index contributed by atoms with van der Waals surface area (Å²) in [5.41, 5.74) is 3.79. The van der Waals surface area contributed by atoms with Crippen LogP contribution in [0.5, 0.6) is 0 Å². The Morgan fingerprint density at radius 2 is 1.32 bits per heavy atom. The topological polar surface area (TPSA) is 24.7 Å². The van der Waals surface area contributed by atoms with Crippen LogP contribution in [0.3, 0.4) is 0 Å². The van der Waals surface area contributed by atoms with Crippen LogP contribution in [0.1, 0.15) is 36.5 Å². The molecule has 0 saturated heterocycles. The minimum atomic E-state index is 1.02. The zero-order valence-corrected chi connectivity index (χ0v) is 15.1. The minimum absolute atomic E-state index is 1.02. The van der Waals surface area contributed by atoms with Crippen molar-refractivity contribution in [3.8, 4) is 0 Å². The molecule has 2 aromatic rings. The van der Waals surface area contributed by atoms with Crippen molar-refractivity contribution in [1.82, 2.24) is 0 Å². The van der Waals surface area contributed by atoms with Crippen molar-refractivity contribution in [1.29, 1.82) is 0 Å². The fourth-order valence-electron chi connectivity index (χ4n) is 2.12. The Bertz CT molecular complexity index is 652. The maximum atomic E-state index is 3.88. The van der Waals surface area contributed by atoms with Gasteiger partial charge in [0.2, 0.25) is 0 Å². The van der Waals surface area contributed by atoms with Crippen LogP contribution in [0.25, 0.3) is 0 Å². The van der Waals surface area contributed by atoms with Crippen LogP contribution in [0, 0.1) is 0 Å². The van der Waals surface area contributed by atoms with Gasteiger partial charge in [-0.05, 0) is 49.3 Å². The third-order valence-corrected chi connectivity index (χ3v) is 3.49. The second-order valence-electron chi connectivity index (χ2n) is 5.50. The monoisotopic (exact) mass is 332 g/mol. The molecule has 0 aliphatic carbocycles. The number of nitrogens with zero attached hydrogens (tertiary/aromatic N) is 2. The van der Waals surface area contributed by atoms with Crippen LogP contribution in [-0.2, 0) is 12.8 Å². The molecule has 0 aliphatic heterocycles. The molecule has 130 valence electrons. The van der Waals surface area contributed by atoms with Crippen molar-refractivity contribution in [3.05, 3.63) is 96.6 Å². The summed E-state index contributed by atoms with van der Waals surface area (Å²) in [6, 6.07) is 18.8. The van der Waals surface area contributed by atoms with Crippen molar-refractivity contribution in [2.45, 2.75) is 32.6 Å². The molecule has 2 nitrogen and oxygen atoms in total. The summed E-state index contributed by atoms with van der Waals surface area (Å²) >= 11 is 0. The number of benzene rings is 2. The van der Waals surface area contributed by atoms with E-state index in [2.05, 4.69) is 59.8 Å². The van der Waals surface area contributed by atoms with E-state index in [9.17, 15) is 0 Å². The molecule has 0 bridgehead atoms. The molecule has 0 unspecified atom stereocenters. The summed E-state index contributed by atoms with van der Waals surface area (Å²) in [5.74, 6) is 0. The molecule has 0 heterocycles. The summed E-state index contributed by atoms with van der Waals surface area (Å²) in [4.78, 5) is 0. The maximum Gasteiger partial charge on any atom is 0.0567 e. The highest BCUT2D eigenvalue weighted by atomic mass is 15.2. The van der Waals surface area contributed by atoms with Gasteiger partial charge in [-0.25, -0.2) is 0 Å². The first kappa shape index (κ1) is 20.3. The van der Waals surface area contributed by atoms with Gasteiger partial charge in [-0.1, -0.05) is 66.7 Å². The van der Waals surface area contributed by atoms with Gasteiger partial charge in [0.05, 0.1) is 6.21 Å². The Hall–Kier alpha value is -2.74. The highest BCUT2D eigenvalue weighted by Gasteiger charge is 1.91. The van der Waals surface area contributed by atoms with Gasteiger partial charge in [-0.15, -0.1) is 13.2 Å². The van der Waals surface area contributed by atoms with E-state index in [1.807, 2.05) is 37.3 Å². The van der Waals surface area contributed by atoms with Crippen LogP contribution >= 0.6 is 0 Å². The Labute approximate surface area is 152 Å². The van der Waals surface area contributed by atoms with Crippen molar-refractivity contribution in [3.63, 3.8) is 0 Å². The molecular weight excluding hydrogens is 304 g/mol. The highest BCUT2D eigenvalue weighted by molar-refractivity contribution is 5.79. The average molecular weight is 332 g/mol. The molecule has 0 saturated carbocycles. The lowest BCUT2D eigenvalue weighted by Crippen LogP contribution is -1.85. The largest absolute Gasteiger partial charge is 0.164 e. The smallest absolute Gasteiger partial charge is 0.0567 e. The van der Waals surface area contributed by atoms with Gasteiger partial charge in [-0.2, -0.15) is 10.2 Å². The third kappa shape index (κ3) is 9.87. The molecule has 0 fully saturated rings. The van der Waals surface area contributed by atoms with Gasteiger partial charge in [0.25, 0.3) is 0 Å². The summed E-state index contributed by atoms with van der Waals surface area (Å²) < 4.78 is 0. The molecule has 0 spiro atoms. The lowest BCUT2D eigenvalue weighted by molar-refractivity contribution is 1.00. The maximum absolute atomic E-state index is 3.88. The lowest BCUT2D eigenvalue weighted by Gasteiger charge is -1.98. The first-order chi connectivity index (χ1) is 12.3. The summed E-state index contributed by atoms with van der Waals surface area (Å²) in [6.45, 7) is 9.22. The normalized spacial score (nSPS) is 10.4. The Kier molecular flexibility index (Phi) is 11.1. The minimum Gasteiger partial charge on any atom is -0.164 e. The molecule has 25 heavy (non-hydrogen) atoms. The zero-order valence-electron chi connectivity index (χ0n) is 15.1. The van der Waals surface area contributed by atoms with E-state index in [1.165, 1.54) is 11.1 Å². The molecule has 0 amide bonds. The van der Waals surface area contributed by atoms with Crippen LogP contribution in [0.4, 0.5) is 0 Å². The first-order valence-corrected chi connectivity index (χ1v) is 8.65. The number of hydrogen-bond donors (Lipinski definition) is 0. The van der Waals surface area contributed by atoms with E-state index in [0.717, 1.165) is 31.2 Å². The SMILES string of the molecule is C=CCCc1ccc(/C=N/N=C/C)cc1.C=CCCc1ccccc1. The highest BCUT2D eigenvalue weighted by Crippen LogP contribution is 2.05. The lowest BCUT2D eigenvalue weighted by atomic mass is 10.1. The van der Waals surface area contributed by atoms with Gasteiger partial charge >= 0.3 is 0 Å². The number of hydrogen-bond acceptors (Lipinski definition) is 2.